The first-order valence-electron chi connectivity index (χ1n) is 8.95. The molecule has 0 aliphatic carbocycles. The molecule has 0 aromatic heterocycles. The lowest BCUT2D eigenvalue weighted by Crippen LogP contribution is -2.45. The van der Waals surface area contributed by atoms with Crippen molar-refractivity contribution in [2.24, 2.45) is 5.41 Å². The molecule has 0 radical (unpaired) electrons. The van der Waals surface area contributed by atoms with E-state index >= 15 is 0 Å². The topological polar surface area (TPSA) is 98.7 Å². The summed E-state index contributed by atoms with van der Waals surface area (Å²) in [5.74, 6) is -1.13. The van der Waals surface area contributed by atoms with Gasteiger partial charge in [-0.05, 0) is 62.1 Å². The summed E-state index contributed by atoms with van der Waals surface area (Å²) < 4.78 is 0. The minimum absolute atomic E-state index is 0.0632. The highest BCUT2D eigenvalue weighted by atomic mass is 16.3. The average Bonchev–Trinajstić information content (AvgIpc) is 2.63. The molecule has 4 N–H and O–H groups in total. The Morgan fingerprint density at radius 3 is 1.52 bits per heavy atom. The van der Waals surface area contributed by atoms with E-state index in [2.05, 4.69) is 10.6 Å². The molecule has 0 spiro atoms. The van der Waals surface area contributed by atoms with Crippen LogP contribution in [0.15, 0.2) is 36.4 Å². The van der Waals surface area contributed by atoms with Crippen molar-refractivity contribution in [2.75, 3.05) is 10.6 Å². The van der Waals surface area contributed by atoms with Crippen LogP contribution in [0, 0.1) is 19.3 Å². The van der Waals surface area contributed by atoms with Crippen LogP contribution in [0.5, 0.6) is 11.5 Å². The number of phenolic OH excluding ortho intramolecular Hbond substituents is 2. The Bertz CT molecular complexity index is 790. The maximum Gasteiger partial charge on any atom is 0.240 e. The largest absolute Gasteiger partial charge is 0.506 e. The maximum atomic E-state index is 13.0. The van der Waals surface area contributed by atoms with Crippen molar-refractivity contribution in [3.05, 3.63) is 47.5 Å². The summed E-state index contributed by atoms with van der Waals surface area (Å²) in [6.45, 7) is 7.20. The molecule has 0 bridgehead atoms. The number of benzene rings is 2. The van der Waals surface area contributed by atoms with Crippen LogP contribution in [0.1, 0.15) is 37.8 Å². The van der Waals surface area contributed by atoms with Gasteiger partial charge in [0.25, 0.3) is 0 Å². The van der Waals surface area contributed by atoms with Gasteiger partial charge < -0.3 is 20.8 Å². The van der Waals surface area contributed by atoms with Gasteiger partial charge in [-0.25, -0.2) is 0 Å². The third-order valence-corrected chi connectivity index (χ3v) is 4.88. The molecule has 6 nitrogen and oxygen atoms in total. The van der Waals surface area contributed by atoms with E-state index in [1.165, 1.54) is 12.1 Å². The van der Waals surface area contributed by atoms with Crippen molar-refractivity contribution < 1.29 is 19.8 Å². The summed E-state index contributed by atoms with van der Waals surface area (Å²) in [6.07, 6.45) is 0.528. The Labute approximate surface area is 159 Å². The quantitative estimate of drug-likeness (QED) is 0.454. The fourth-order valence-corrected chi connectivity index (χ4v) is 2.98. The molecule has 0 unspecified atom stereocenters. The van der Waals surface area contributed by atoms with Crippen molar-refractivity contribution in [3.63, 3.8) is 0 Å². The number of aromatic hydroxyl groups is 2. The fraction of sp³-hybridized carbons (Fsp3) is 0.333. The Balaban J connectivity index is 2.32. The zero-order valence-corrected chi connectivity index (χ0v) is 16.1. The molecule has 2 amide bonds. The molecular weight excluding hydrogens is 344 g/mol. The van der Waals surface area contributed by atoms with E-state index in [4.69, 9.17) is 0 Å². The number of nitrogens with one attached hydrogen (secondary N) is 2. The molecule has 0 fully saturated rings. The van der Waals surface area contributed by atoms with Gasteiger partial charge in [-0.3, -0.25) is 9.59 Å². The molecular formula is C21H26N2O4. The van der Waals surface area contributed by atoms with Crippen molar-refractivity contribution in [1.29, 1.82) is 0 Å². The zero-order valence-electron chi connectivity index (χ0n) is 16.1. The van der Waals surface area contributed by atoms with Crippen LogP contribution in [-0.4, -0.2) is 22.0 Å². The Kier molecular flexibility index (Phi) is 6.10. The number of hydrogen-bond donors (Lipinski definition) is 4. The zero-order chi connectivity index (χ0) is 20.2. The third-order valence-electron chi connectivity index (χ3n) is 4.88. The summed E-state index contributed by atoms with van der Waals surface area (Å²) in [4.78, 5) is 26.0. The standard InChI is InChI=1S/C21H26N2O4/c1-5-21(6-2,19(26)22-15-11-13(3)7-9-17(15)24)20(27)23-16-12-14(4)8-10-18(16)25/h7-12,24-25H,5-6H2,1-4H3,(H,22,26)(H,23,27). The van der Waals surface area contributed by atoms with Gasteiger partial charge in [0.2, 0.25) is 11.8 Å². The molecule has 0 saturated carbocycles. The highest BCUT2D eigenvalue weighted by molar-refractivity contribution is 6.15. The smallest absolute Gasteiger partial charge is 0.240 e. The van der Waals surface area contributed by atoms with Gasteiger partial charge >= 0.3 is 0 Å². The van der Waals surface area contributed by atoms with Gasteiger partial charge in [-0.1, -0.05) is 26.0 Å². The first kappa shape index (κ1) is 20.3. The van der Waals surface area contributed by atoms with Gasteiger partial charge in [-0.15, -0.1) is 0 Å². The van der Waals surface area contributed by atoms with Crippen molar-refractivity contribution in [2.45, 2.75) is 40.5 Å². The van der Waals surface area contributed by atoms with E-state index in [1.54, 1.807) is 38.1 Å². The first-order chi connectivity index (χ1) is 12.7. The Morgan fingerprint density at radius 1 is 0.815 bits per heavy atom. The van der Waals surface area contributed by atoms with E-state index in [1.807, 2.05) is 13.8 Å². The number of hydrogen-bond acceptors (Lipinski definition) is 4. The van der Waals surface area contributed by atoms with Crippen molar-refractivity contribution >= 4 is 23.2 Å². The van der Waals surface area contributed by atoms with Gasteiger partial charge in [0.05, 0.1) is 11.4 Å². The lowest BCUT2D eigenvalue weighted by atomic mass is 9.80. The monoisotopic (exact) mass is 370 g/mol. The van der Waals surface area contributed by atoms with Crippen molar-refractivity contribution in [1.82, 2.24) is 0 Å². The maximum absolute atomic E-state index is 13.0. The summed E-state index contributed by atoms with van der Waals surface area (Å²) in [6, 6.07) is 9.74. The molecule has 0 saturated heterocycles. The van der Waals surface area contributed by atoms with Crippen LogP contribution in [0.4, 0.5) is 11.4 Å². The van der Waals surface area contributed by atoms with Crippen molar-refractivity contribution in [3.8, 4) is 11.5 Å². The molecule has 0 atom stereocenters. The molecule has 144 valence electrons. The molecule has 2 aromatic carbocycles. The van der Waals surface area contributed by atoms with Crippen LogP contribution in [0.25, 0.3) is 0 Å². The van der Waals surface area contributed by atoms with Gasteiger partial charge in [0.1, 0.15) is 16.9 Å². The predicted octanol–water partition coefficient (Wildman–Crippen LogP) is 4.10. The lowest BCUT2D eigenvalue weighted by molar-refractivity contribution is -0.137. The summed E-state index contributed by atoms with van der Waals surface area (Å²) >= 11 is 0. The van der Waals surface area contributed by atoms with E-state index in [9.17, 15) is 19.8 Å². The number of phenols is 2. The van der Waals surface area contributed by atoms with Crippen LogP contribution in [0.2, 0.25) is 0 Å². The van der Waals surface area contributed by atoms with E-state index < -0.39 is 17.2 Å². The predicted molar refractivity (Wildman–Crippen MR) is 106 cm³/mol. The van der Waals surface area contributed by atoms with Crippen LogP contribution in [0.3, 0.4) is 0 Å². The lowest BCUT2D eigenvalue weighted by Gasteiger charge is -2.29. The Morgan fingerprint density at radius 2 is 1.19 bits per heavy atom. The summed E-state index contributed by atoms with van der Waals surface area (Å²) in [5, 5.41) is 25.3. The minimum Gasteiger partial charge on any atom is -0.506 e. The normalized spacial score (nSPS) is 11.1. The summed E-state index contributed by atoms with van der Waals surface area (Å²) in [5.41, 5.74) is 0.924. The van der Waals surface area contributed by atoms with Crippen LogP contribution in [-0.2, 0) is 9.59 Å². The first-order valence-corrected chi connectivity index (χ1v) is 8.95. The van der Waals surface area contributed by atoms with Gasteiger partial charge in [0.15, 0.2) is 0 Å². The number of rotatable bonds is 6. The molecule has 0 aliphatic heterocycles. The van der Waals surface area contributed by atoms with E-state index in [0.717, 1.165) is 11.1 Å². The van der Waals surface area contributed by atoms with Crippen LogP contribution >= 0.6 is 0 Å². The number of amides is 2. The minimum atomic E-state index is -1.34. The van der Waals surface area contributed by atoms with E-state index in [-0.39, 0.29) is 35.7 Å². The van der Waals surface area contributed by atoms with Gasteiger partial charge in [0, 0.05) is 0 Å². The average molecular weight is 370 g/mol. The van der Waals surface area contributed by atoms with E-state index in [0.29, 0.717) is 0 Å². The molecule has 27 heavy (non-hydrogen) atoms. The molecule has 6 heteroatoms. The molecule has 2 rings (SSSR count). The number of anilines is 2. The second-order valence-electron chi connectivity index (χ2n) is 6.74. The number of carbonyl (C=O) groups excluding carboxylic acids is 2. The highest BCUT2D eigenvalue weighted by Gasteiger charge is 2.43. The SMILES string of the molecule is CCC(CC)(C(=O)Nc1cc(C)ccc1O)C(=O)Nc1cc(C)ccc1O. The van der Waals surface area contributed by atoms with Gasteiger partial charge in [-0.2, -0.15) is 0 Å². The number of carbonyl (C=O) groups is 2. The third kappa shape index (κ3) is 4.22. The second-order valence-corrected chi connectivity index (χ2v) is 6.74. The highest BCUT2D eigenvalue weighted by Crippen LogP contribution is 2.34. The second kappa shape index (κ2) is 8.12. The molecule has 0 aliphatic rings. The fourth-order valence-electron chi connectivity index (χ4n) is 2.98. The number of aryl methyl sites for hydroxylation is 2. The molecule has 0 heterocycles. The summed E-state index contributed by atoms with van der Waals surface area (Å²) in [7, 11) is 0. The van der Waals surface area contributed by atoms with Crippen LogP contribution < -0.4 is 10.6 Å². The molecule has 2 aromatic rings. The Hall–Kier alpha value is -3.02.